The van der Waals surface area contributed by atoms with Crippen LogP contribution in [0.4, 0.5) is 0 Å². The summed E-state index contributed by atoms with van der Waals surface area (Å²) in [7, 11) is 0. The Morgan fingerprint density at radius 1 is 0.793 bits per heavy atom. The van der Waals surface area contributed by atoms with Crippen LogP contribution in [0.15, 0.2) is 12.1 Å². The van der Waals surface area contributed by atoms with Crippen molar-refractivity contribution in [1.82, 2.24) is 4.90 Å². The number of nitrogens with zero attached hydrogens (tertiary/aromatic N) is 1. The third-order valence-corrected chi connectivity index (χ3v) is 6.04. The normalized spacial score (nSPS) is 16.2. The SMILES string of the molecule is CC(C)(C)c1cc(OCCCCCCCN2CCCCC2)cc(C(C)(C)C)c1O. The summed E-state index contributed by atoms with van der Waals surface area (Å²) in [5, 5.41) is 10.8. The summed E-state index contributed by atoms with van der Waals surface area (Å²) in [4.78, 5) is 2.64. The van der Waals surface area contributed by atoms with Crippen molar-refractivity contribution in [2.45, 2.75) is 104 Å². The van der Waals surface area contributed by atoms with Gasteiger partial charge in [0.1, 0.15) is 11.5 Å². The van der Waals surface area contributed by atoms with Gasteiger partial charge >= 0.3 is 0 Å². The third-order valence-electron chi connectivity index (χ3n) is 6.04. The molecule has 2 rings (SSSR count). The van der Waals surface area contributed by atoms with Crippen LogP contribution >= 0.6 is 0 Å². The average molecular weight is 404 g/mol. The fourth-order valence-electron chi connectivity index (χ4n) is 4.18. The first kappa shape index (κ1) is 24.1. The zero-order valence-corrected chi connectivity index (χ0v) is 19.9. The number of unbranched alkanes of at least 4 members (excludes halogenated alkanes) is 4. The largest absolute Gasteiger partial charge is 0.507 e. The molecule has 0 saturated carbocycles. The van der Waals surface area contributed by atoms with Gasteiger partial charge in [0.05, 0.1) is 6.61 Å². The monoisotopic (exact) mass is 403 g/mol. The summed E-state index contributed by atoms with van der Waals surface area (Å²) in [6, 6.07) is 4.06. The molecule has 3 heteroatoms. The lowest BCUT2D eigenvalue weighted by Crippen LogP contribution is -2.30. The van der Waals surface area contributed by atoms with Gasteiger partial charge in [-0.3, -0.25) is 0 Å². The lowest BCUT2D eigenvalue weighted by molar-refractivity contribution is 0.223. The standard InChI is InChI=1S/C26H45NO2/c1-25(2,3)22-19-21(20-23(24(22)28)26(4,5)6)29-18-14-9-7-8-11-15-27-16-12-10-13-17-27/h19-20,28H,7-18H2,1-6H3. The lowest BCUT2D eigenvalue weighted by atomic mass is 9.79. The molecule has 1 heterocycles. The Morgan fingerprint density at radius 3 is 1.86 bits per heavy atom. The molecule has 1 fully saturated rings. The summed E-state index contributed by atoms with van der Waals surface area (Å²) in [5.74, 6) is 1.31. The molecule has 0 aromatic heterocycles. The number of likely N-dealkylation sites (tertiary alicyclic amines) is 1. The van der Waals surface area contributed by atoms with Crippen molar-refractivity contribution in [2.24, 2.45) is 0 Å². The molecule has 1 aromatic rings. The van der Waals surface area contributed by atoms with E-state index in [0.717, 1.165) is 29.9 Å². The Morgan fingerprint density at radius 2 is 1.31 bits per heavy atom. The molecule has 1 aliphatic heterocycles. The molecule has 1 aliphatic rings. The first-order chi connectivity index (χ1) is 13.6. The van der Waals surface area contributed by atoms with E-state index in [9.17, 15) is 5.11 Å². The fraction of sp³-hybridized carbons (Fsp3) is 0.769. The number of hydrogen-bond donors (Lipinski definition) is 1. The number of hydrogen-bond acceptors (Lipinski definition) is 3. The summed E-state index contributed by atoms with van der Waals surface area (Å²) < 4.78 is 6.12. The summed E-state index contributed by atoms with van der Waals surface area (Å²) in [5.41, 5.74) is 1.71. The van der Waals surface area contributed by atoms with Gasteiger partial charge in [-0.25, -0.2) is 0 Å². The van der Waals surface area contributed by atoms with Crippen molar-refractivity contribution < 1.29 is 9.84 Å². The van der Waals surface area contributed by atoms with Crippen LogP contribution in [0.2, 0.25) is 0 Å². The molecule has 1 N–H and O–H groups in total. The number of ether oxygens (including phenoxy) is 1. The molecule has 0 bridgehead atoms. The molecule has 1 aromatic carbocycles. The molecule has 3 nitrogen and oxygen atoms in total. The van der Waals surface area contributed by atoms with Crippen LogP contribution < -0.4 is 4.74 Å². The smallest absolute Gasteiger partial charge is 0.123 e. The maximum absolute atomic E-state index is 10.8. The van der Waals surface area contributed by atoms with Gasteiger partial charge in [0.25, 0.3) is 0 Å². The fourth-order valence-corrected chi connectivity index (χ4v) is 4.18. The highest BCUT2D eigenvalue weighted by Crippen LogP contribution is 2.41. The van der Waals surface area contributed by atoms with Gasteiger partial charge in [-0.05, 0) is 68.3 Å². The first-order valence-electron chi connectivity index (χ1n) is 11.8. The Bertz CT molecular complexity index is 584. The van der Waals surface area contributed by atoms with Crippen LogP contribution in [-0.2, 0) is 10.8 Å². The average Bonchev–Trinajstić information content (AvgIpc) is 2.64. The minimum atomic E-state index is -0.113. The Labute approximate surface area is 179 Å². The first-order valence-corrected chi connectivity index (χ1v) is 11.8. The van der Waals surface area contributed by atoms with Gasteiger partial charge in [-0.15, -0.1) is 0 Å². The van der Waals surface area contributed by atoms with E-state index in [-0.39, 0.29) is 10.8 Å². The van der Waals surface area contributed by atoms with Gasteiger partial charge in [-0.2, -0.15) is 0 Å². The molecular formula is C26H45NO2. The van der Waals surface area contributed by atoms with Gasteiger partial charge < -0.3 is 14.7 Å². The topological polar surface area (TPSA) is 32.7 Å². The quantitative estimate of drug-likeness (QED) is 0.460. The number of benzene rings is 1. The van der Waals surface area contributed by atoms with Gasteiger partial charge in [0, 0.05) is 11.1 Å². The van der Waals surface area contributed by atoms with E-state index in [4.69, 9.17) is 4.74 Å². The maximum Gasteiger partial charge on any atom is 0.123 e. The molecular weight excluding hydrogens is 358 g/mol. The van der Waals surface area contributed by atoms with Crippen LogP contribution in [0.3, 0.4) is 0 Å². The Kier molecular flexibility index (Phi) is 8.88. The van der Waals surface area contributed by atoms with Crippen molar-refractivity contribution >= 4 is 0 Å². The van der Waals surface area contributed by atoms with Gasteiger partial charge in [0.15, 0.2) is 0 Å². The van der Waals surface area contributed by atoms with Crippen molar-refractivity contribution in [2.75, 3.05) is 26.2 Å². The zero-order chi connectivity index (χ0) is 21.5. The van der Waals surface area contributed by atoms with E-state index >= 15 is 0 Å². The molecule has 0 unspecified atom stereocenters. The van der Waals surface area contributed by atoms with E-state index in [0.29, 0.717) is 5.75 Å². The molecule has 0 amide bonds. The lowest BCUT2D eigenvalue weighted by Gasteiger charge is -2.28. The minimum Gasteiger partial charge on any atom is -0.507 e. The minimum absolute atomic E-state index is 0.113. The van der Waals surface area contributed by atoms with Crippen LogP contribution in [0, 0.1) is 0 Å². The highest BCUT2D eigenvalue weighted by atomic mass is 16.5. The second-order valence-corrected chi connectivity index (χ2v) is 10.9. The van der Waals surface area contributed by atoms with Crippen LogP contribution in [0.1, 0.15) is 104 Å². The van der Waals surface area contributed by atoms with Crippen LogP contribution in [-0.4, -0.2) is 36.2 Å². The molecule has 166 valence electrons. The van der Waals surface area contributed by atoms with E-state index in [2.05, 4.69) is 46.4 Å². The Balaban J connectivity index is 1.76. The number of rotatable bonds is 9. The van der Waals surface area contributed by atoms with Gasteiger partial charge in [0.2, 0.25) is 0 Å². The summed E-state index contributed by atoms with van der Waals surface area (Å²) >= 11 is 0. The second-order valence-electron chi connectivity index (χ2n) is 10.9. The van der Waals surface area contributed by atoms with Crippen molar-refractivity contribution in [3.8, 4) is 11.5 Å². The van der Waals surface area contributed by atoms with E-state index in [1.54, 1.807) is 0 Å². The van der Waals surface area contributed by atoms with Gasteiger partial charge in [-0.1, -0.05) is 67.2 Å². The van der Waals surface area contributed by atoms with Crippen LogP contribution in [0.25, 0.3) is 0 Å². The van der Waals surface area contributed by atoms with E-state index in [1.165, 1.54) is 64.6 Å². The predicted molar refractivity (Wildman–Crippen MR) is 124 cm³/mol. The number of piperidine rings is 1. The molecule has 1 saturated heterocycles. The van der Waals surface area contributed by atoms with Crippen molar-refractivity contribution in [1.29, 1.82) is 0 Å². The Hall–Kier alpha value is -1.22. The van der Waals surface area contributed by atoms with E-state index in [1.807, 2.05) is 12.1 Å². The predicted octanol–water partition coefficient (Wildman–Crippen LogP) is 6.80. The zero-order valence-electron chi connectivity index (χ0n) is 19.9. The second kappa shape index (κ2) is 10.7. The molecule has 0 spiro atoms. The summed E-state index contributed by atoms with van der Waals surface area (Å²) in [6.45, 7) is 17.5. The third kappa shape index (κ3) is 7.85. The molecule has 0 radical (unpaired) electrons. The maximum atomic E-state index is 10.8. The number of phenols is 1. The number of aromatic hydroxyl groups is 1. The highest BCUT2D eigenvalue weighted by molar-refractivity contribution is 5.51. The number of phenolic OH excluding ortho intramolecular Hbond substituents is 1. The molecule has 29 heavy (non-hydrogen) atoms. The van der Waals surface area contributed by atoms with Crippen molar-refractivity contribution in [3.05, 3.63) is 23.3 Å². The highest BCUT2D eigenvalue weighted by Gasteiger charge is 2.26. The molecule has 0 atom stereocenters. The van der Waals surface area contributed by atoms with Crippen LogP contribution in [0.5, 0.6) is 11.5 Å². The summed E-state index contributed by atoms with van der Waals surface area (Å²) in [6.07, 6.45) is 10.5. The van der Waals surface area contributed by atoms with E-state index < -0.39 is 0 Å². The molecule has 0 aliphatic carbocycles. The van der Waals surface area contributed by atoms with Crippen molar-refractivity contribution in [3.63, 3.8) is 0 Å².